The van der Waals surface area contributed by atoms with Gasteiger partial charge >= 0.3 is 31.4 Å². The molecule has 166 valence electrons. The van der Waals surface area contributed by atoms with Gasteiger partial charge in [0.1, 0.15) is 0 Å². The maximum Gasteiger partial charge on any atom is 0.595 e. The van der Waals surface area contributed by atoms with Gasteiger partial charge in [-0.25, -0.2) is 4.52 Å². The Labute approximate surface area is 158 Å². The van der Waals surface area contributed by atoms with E-state index in [0.717, 1.165) is 25.3 Å². The minimum Gasteiger partial charge on any atom is -0.307 e. The summed E-state index contributed by atoms with van der Waals surface area (Å²) in [7, 11) is -28.7. The molecular formula is C6H17F6N6O4P6+. The van der Waals surface area contributed by atoms with Crippen LogP contribution in [-0.2, 0) is 18.4 Å². The van der Waals surface area contributed by atoms with E-state index in [-0.39, 0.29) is 0 Å². The Kier molecular flexibility index (Phi) is 8.62. The second-order valence-electron chi connectivity index (χ2n) is 5.04. The molecule has 0 amide bonds. The number of carbonyl (C=O) groups excluding carboxylic acids is 1. The Bertz CT molecular complexity index is 916. The maximum atomic E-state index is 15.0. The predicted molar refractivity (Wildman–Crippen MR) is 103 cm³/mol. The molecule has 0 aromatic rings. The molecule has 1 aliphatic rings. The first kappa shape index (κ1) is 26.7. The lowest BCUT2D eigenvalue weighted by molar-refractivity contribution is 0.402. The summed E-state index contributed by atoms with van der Waals surface area (Å²) in [5.74, 6) is 0. The molecule has 0 bridgehead atoms. The first-order valence-corrected chi connectivity index (χ1v) is 16.9. The third kappa shape index (κ3) is 7.42. The lowest BCUT2D eigenvalue weighted by atomic mass is 11.8. The van der Waals surface area contributed by atoms with E-state index >= 15 is 0 Å². The van der Waals surface area contributed by atoms with E-state index in [1.807, 2.05) is 0 Å². The average Bonchev–Trinajstić information content (AvgIpc) is 2.51. The molecule has 10 nitrogen and oxygen atoms in total. The fraction of sp³-hybridized carbons (Fsp3) is 0.833. The van der Waals surface area contributed by atoms with Gasteiger partial charge in [0.15, 0.2) is 0 Å². The molecule has 0 spiro atoms. The van der Waals surface area contributed by atoms with Crippen molar-refractivity contribution < 1.29 is 43.5 Å². The molecular weight excluding hydrogens is 520 g/mol. The van der Waals surface area contributed by atoms with Gasteiger partial charge in [0.2, 0.25) is 6.03 Å². The monoisotopic (exact) mass is 537 g/mol. The zero-order valence-corrected chi connectivity index (χ0v) is 20.3. The number of hydrogen-bond acceptors (Lipinski definition) is 10. The number of nitrogens with one attached hydrogen (secondary N) is 1. The lowest BCUT2D eigenvalue weighted by Crippen LogP contribution is -2.03. The van der Waals surface area contributed by atoms with Gasteiger partial charge in [-0.05, 0) is 18.2 Å². The highest BCUT2D eigenvalue weighted by atomic mass is 31.3. The lowest BCUT2D eigenvalue weighted by Gasteiger charge is -2.19. The minimum absolute atomic E-state index is 0.530. The number of halogens is 6. The molecule has 1 aliphatic heterocycles. The van der Waals surface area contributed by atoms with E-state index in [1.165, 1.54) is 0 Å². The first-order chi connectivity index (χ1) is 12.5. The molecule has 4 unspecified atom stereocenters. The highest BCUT2D eigenvalue weighted by molar-refractivity contribution is 7.89. The molecule has 0 fully saturated rings. The van der Waals surface area contributed by atoms with Crippen molar-refractivity contribution in [2.75, 3.05) is 34.7 Å². The third-order valence-corrected chi connectivity index (χ3v) is 16.9. The Morgan fingerprint density at radius 2 is 1.25 bits per heavy atom. The van der Waals surface area contributed by atoms with Gasteiger partial charge in [-0.15, -0.1) is 9.03 Å². The van der Waals surface area contributed by atoms with Crippen LogP contribution < -0.4 is 4.86 Å². The largest absolute Gasteiger partial charge is 0.595 e. The van der Waals surface area contributed by atoms with Crippen LogP contribution in [0.2, 0.25) is 0 Å². The van der Waals surface area contributed by atoms with Crippen LogP contribution in [0.5, 0.6) is 0 Å². The minimum atomic E-state index is -6.13. The van der Waals surface area contributed by atoms with Crippen molar-refractivity contribution in [3.8, 4) is 0 Å². The van der Waals surface area contributed by atoms with Gasteiger partial charge in [-0.3, -0.25) is 4.79 Å². The van der Waals surface area contributed by atoms with E-state index in [4.69, 9.17) is 0 Å². The van der Waals surface area contributed by atoms with Crippen LogP contribution >= 0.6 is 46.1 Å². The molecule has 0 aromatic carbocycles. The van der Waals surface area contributed by atoms with Crippen molar-refractivity contribution in [1.29, 1.82) is 0 Å². The molecule has 4 atom stereocenters. The highest BCUT2D eigenvalue weighted by Gasteiger charge is 2.53. The van der Waals surface area contributed by atoms with E-state index in [9.17, 15) is 30.0 Å². The maximum absolute atomic E-state index is 15.0. The Balaban J connectivity index is 4.18. The van der Waals surface area contributed by atoms with Crippen LogP contribution in [0.15, 0.2) is 22.6 Å². The number of rotatable bonds is 4. The molecule has 22 heteroatoms. The molecule has 0 saturated carbocycles. The van der Waals surface area contributed by atoms with Crippen molar-refractivity contribution in [2.45, 2.75) is 0 Å². The highest BCUT2D eigenvalue weighted by Crippen LogP contribution is 2.81. The fourth-order valence-corrected chi connectivity index (χ4v) is 15.9. The summed E-state index contributed by atoms with van der Waals surface area (Å²) in [5.41, 5.74) is 0. The summed E-state index contributed by atoms with van der Waals surface area (Å²) in [5, 5.41) is 0. The van der Waals surface area contributed by atoms with Crippen LogP contribution in [0.4, 0.5) is 25.2 Å². The van der Waals surface area contributed by atoms with Crippen molar-refractivity contribution >= 4 is 52.2 Å². The Morgan fingerprint density at radius 1 is 0.821 bits per heavy atom. The summed E-state index contributed by atoms with van der Waals surface area (Å²) >= 11 is 0. The van der Waals surface area contributed by atoms with E-state index in [2.05, 4.69) is 36.1 Å². The van der Waals surface area contributed by atoms with Crippen LogP contribution in [0, 0.1) is 0 Å². The number of nitrogens with zero attached hydrogens (tertiary/aromatic N) is 5. The van der Waals surface area contributed by atoms with Crippen molar-refractivity contribution in [3.63, 3.8) is 0 Å². The third-order valence-electron chi connectivity index (χ3n) is 2.44. The van der Waals surface area contributed by atoms with Gasteiger partial charge in [0.05, 0.1) is 7.21 Å². The Morgan fingerprint density at radius 3 is 1.68 bits per heavy atom. The SMILES string of the molecule is COP1(F)=NP(F)(OC)=NP(F)(OC)=N[P+](F)(F)NP(F)(C=O)=NP(C)(C)=N1. The summed E-state index contributed by atoms with van der Waals surface area (Å²) < 4.78 is 115. The number of carbonyl (C=O) groups is 1. The van der Waals surface area contributed by atoms with Crippen LogP contribution in [-0.4, -0.2) is 40.7 Å². The van der Waals surface area contributed by atoms with Gasteiger partial charge in [-0.2, -0.15) is 21.3 Å². The summed E-state index contributed by atoms with van der Waals surface area (Å²) in [6.07, 6.45) is 0. The zero-order valence-electron chi connectivity index (χ0n) is 14.9. The standard InChI is InChI=1S/C6H17F6N6O4P6/c1-20-26(10)14-23(4,5)13-24(7,6-19)15-25(8,9)16-27(11,21-2)18-28(12,17-26)22-3/h6,15H,1-5H3/q+1. The summed E-state index contributed by atoms with van der Waals surface area (Å²) in [4.78, 5) is 12.0. The smallest absolute Gasteiger partial charge is 0.307 e. The van der Waals surface area contributed by atoms with Crippen LogP contribution in [0.25, 0.3) is 0 Å². The molecule has 0 radical (unpaired) electrons. The predicted octanol–water partition coefficient (Wildman–Crippen LogP) is 8.46. The second-order valence-corrected chi connectivity index (χ2v) is 18.4. The van der Waals surface area contributed by atoms with Gasteiger partial charge < -0.3 is 13.6 Å². The van der Waals surface area contributed by atoms with Gasteiger partial charge in [0.25, 0.3) is 7.52 Å². The van der Waals surface area contributed by atoms with E-state index in [1.54, 1.807) is 0 Å². The normalized spacial score (nSPS) is 40.8. The quantitative estimate of drug-likeness (QED) is 0.219. The molecule has 1 rings (SSSR count). The molecule has 1 heterocycles. The van der Waals surface area contributed by atoms with Crippen molar-refractivity contribution in [2.24, 2.45) is 22.6 Å². The van der Waals surface area contributed by atoms with Crippen molar-refractivity contribution in [1.82, 2.24) is 4.86 Å². The summed E-state index contributed by atoms with van der Waals surface area (Å²) in [6.45, 7) is 2.08. The van der Waals surface area contributed by atoms with Crippen LogP contribution in [0.1, 0.15) is 0 Å². The van der Waals surface area contributed by atoms with E-state index in [0.29, 0.717) is 14.2 Å². The second kappa shape index (κ2) is 9.04. The van der Waals surface area contributed by atoms with Crippen LogP contribution in [0.3, 0.4) is 0 Å². The average molecular weight is 537 g/mol. The topological polar surface area (TPSA) is 119 Å². The molecule has 28 heavy (non-hydrogen) atoms. The van der Waals surface area contributed by atoms with Gasteiger partial charge in [0, 0.05) is 34.2 Å². The number of hydrogen-bond donors (Lipinski definition) is 1. The summed E-state index contributed by atoms with van der Waals surface area (Å²) in [6, 6.07) is -0.550. The molecule has 0 aliphatic carbocycles. The van der Waals surface area contributed by atoms with Crippen molar-refractivity contribution in [3.05, 3.63) is 0 Å². The molecule has 0 saturated heterocycles. The van der Waals surface area contributed by atoms with Gasteiger partial charge in [-0.1, -0.05) is 0 Å². The Hall–Kier alpha value is 0.670. The zero-order chi connectivity index (χ0) is 22.1. The first-order valence-electron chi connectivity index (χ1n) is 6.62. The molecule has 0 aromatic heterocycles. The fourth-order valence-electron chi connectivity index (χ4n) is 1.54. The molecule has 1 N–H and O–H groups in total. The van der Waals surface area contributed by atoms with E-state index < -0.39 is 52.2 Å².